The second kappa shape index (κ2) is 12.7. The van der Waals surface area contributed by atoms with Crippen LogP contribution in [0.4, 0.5) is 17.6 Å². The average Bonchev–Trinajstić information content (AvgIpc) is 2.70. The van der Waals surface area contributed by atoms with E-state index in [1.165, 1.54) is 0 Å². The van der Waals surface area contributed by atoms with Gasteiger partial charge in [0.05, 0.1) is 24.3 Å². The molecule has 10 heteroatoms. The maximum atomic E-state index is 13.8. The SMILES string of the molecule is CCNC(=NCc1c(F)c(F)cc(F)c1F)NCC(O)c1ccc(OC(C)C)cc1.I. The Morgan fingerprint density at radius 3 is 2.13 bits per heavy atom. The first-order chi connectivity index (χ1) is 14.2. The standard InChI is InChI=1S/C21H25F4N3O2.HI/c1-4-26-21(27-10-15-19(24)16(22)9-17(23)20(15)25)28-11-18(29)13-5-7-14(8-6-13)30-12(2)3;/h5-9,12,18,29H,4,10-11H2,1-3H3,(H2,26,27,28);1H. The highest BCUT2D eigenvalue weighted by molar-refractivity contribution is 14.0. The van der Waals surface area contributed by atoms with Crippen molar-refractivity contribution in [2.24, 2.45) is 4.99 Å². The molecule has 172 valence electrons. The fraction of sp³-hybridized carbons (Fsp3) is 0.381. The molecule has 0 aliphatic rings. The summed E-state index contributed by atoms with van der Waals surface area (Å²) in [6, 6.07) is 7.06. The van der Waals surface area contributed by atoms with Crippen molar-refractivity contribution in [3.63, 3.8) is 0 Å². The highest BCUT2D eigenvalue weighted by Gasteiger charge is 2.19. The number of hydrogen-bond acceptors (Lipinski definition) is 3. The molecule has 0 fully saturated rings. The Morgan fingerprint density at radius 1 is 1.03 bits per heavy atom. The van der Waals surface area contributed by atoms with Crippen LogP contribution < -0.4 is 15.4 Å². The smallest absolute Gasteiger partial charge is 0.191 e. The monoisotopic (exact) mass is 555 g/mol. The van der Waals surface area contributed by atoms with Crippen LogP contribution in [0.5, 0.6) is 5.75 Å². The minimum Gasteiger partial charge on any atom is -0.491 e. The zero-order chi connectivity index (χ0) is 22.3. The molecule has 31 heavy (non-hydrogen) atoms. The van der Waals surface area contributed by atoms with E-state index in [9.17, 15) is 22.7 Å². The van der Waals surface area contributed by atoms with Gasteiger partial charge < -0.3 is 20.5 Å². The molecular weight excluding hydrogens is 529 g/mol. The molecule has 2 aromatic carbocycles. The van der Waals surface area contributed by atoms with Crippen molar-refractivity contribution in [3.8, 4) is 5.75 Å². The van der Waals surface area contributed by atoms with Gasteiger partial charge in [-0.1, -0.05) is 12.1 Å². The van der Waals surface area contributed by atoms with Crippen molar-refractivity contribution in [1.82, 2.24) is 10.6 Å². The van der Waals surface area contributed by atoms with Crippen molar-refractivity contribution in [3.05, 3.63) is 64.7 Å². The highest BCUT2D eigenvalue weighted by Crippen LogP contribution is 2.20. The number of benzene rings is 2. The average molecular weight is 555 g/mol. The Bertz CT molecular complexity index is 854. The first-order valence-corrected chi connectivity index (χ1v) is 9.51. The summed E-state index contributed by atoms with van der Waals surface area (Å²) in [7, 11) is 0. The topological polar surface area (TPSA) is 65.9 Å². The summed E-state index contributed by atoms with van der Waals surface area (Å²) >= 11 is 0. The van der Waals surface area contributed by atoms with Gasteiger partial charge in [-0.2, -0.15) is 0 Å². The third kappa shape index (κ3) is 7.84. The van der Waals surface area contributed by atoms with E-state index in [4.69, 9.17) is 4.74 Å². The number of aliphatic hydroxyl groups excluding tert-OH is 1. The first kappa shape index (κ1) is 27.0. The van der Waals surface area contributed by atoms with Gasteiger partial charge in [0.1, 0.15) is 5.75 Å². The Kier molecular flexibility index (Phi) is 11.0. The van der Waals surface area contributed by atoms with Crippen molar-refractivity contribution < 1.29 is 27.4 Å². The molecule has 0 bridgehead atoms. The van der Waals surface area contributed by atoms with E-state index < -0.39 is 41.5 Å². The Labute approximate surface area is 195 Å². The molecule has 3 N–H and O–H groups in total. The number of aliphatic imine (C=N–C) groups is 1. The molecule has 2 rings (SSSR count). The summed E-state index contributed by atoms with van der Waals surface area (Å²) in [6.07, 6.45) is -0.871. The van der Waals surface area contributed by atoms with E-state index in [-0.39, 0.29) is 48.7 Å². The van der Waals surface area contributed by atoms with E-state index in [1.807, 2.05) is 13.8 Å². The van der Waals surface area contributed by atoms with Crippen LogP contribution in [0.3, 0.4) is 0 Å². The Morgan fingerprint density at radius 2 is 1.61 bits per heavy atom. The number of guanidine groups is 1. The van der Waals surface area contributed by atoms with Gasteiger partial charge in [0.2, 0.25) is 0 Å². The summed E-state index contributed by atoms with van der Waals surface area (Å²) in [4.78, 5) is 3.95. The van der Waals surface area contributed by atoms with Gasteiger partial charge in [0.25, 0.3) is 0 Å². The molecule has 1 unspecified atom stereocenters. The van der Waals surface area contributed by atoms with Crippen molar-refractivity contribution in [2.45, 2.75) is 39.5 Å². The van der Waals surface area contributed by atoms with E-state index in [0.717, 1.165) is 0 Å². The largest absolute Gasteiger partial charge is 0.491 e. The number of halogens is 5. The molecular formula is C21H26F4IN3O2. The van der Waals surface area contributed by atoms with Crippen LogP contribution >= 0.6 is 24.0 Å². The summed E-state index contributed by atoms with van der Waals surface area (Å²) in [5.74, 6) is -5.15. The second-order valence-electron chi connectivity index (χ2n) is 6.77. The lowest BCUT2D eigenvalue weighted by Gasteiger charge is -2.16. The maximum absolute atomic E-state index is 13.8. The number of rotatable bonds is 8. The van der Waals surface area contributed by atoms with Gasteiger partial charge in [0.15, 0.2) is 29.2 Å². The van der Waals surface area contributed by atoms with Gasteiger partial charge in [0, 0.05) is 19.2 Å². The number of nitrogens with zero attached hydrogens (tertiary/aromatic N) is 1. The molecule has 1 atom stereocenters. The third-order valence-corrected chi connectivity index (χ3v) is 4.04. The van der Waals surface area contributed by atoms with Crippen molar-refractivity contribution >= 4 is 29.9 Å². The first-order valence-electron chi connectivity index (χ1n) is 9.51. The second-order valence-corrected chi connectivity index (χ2v) is 6.77. The van der Waals surface area contributed by atoms with Gasteiger partial charge in [-0.3, -0.25) is 0 Å². The van der Waals surface area contributed by atoms with Crippen molar-refractivity contribution in [1.29, 1.82) is 0 Å². The summed E-state index contributed by atoms with van der Waals surface area (Å²) < 4.78 is 59.8. The van der Waals surface area contributed by atoms with Crippen LogP contribution in [-0.4, -0.2) is 30.3 Å². The molecule has 0 radical (unpaired) electrons. The van der Waals surface area contributed by atoms with Gasteiger partial charge in [-0.15, -0.1) is 24.0 Å². The lowest BCUT2D eigenvalue weighted by molar-refractivity contribution is 0.180. The van der Waals surface area contributed by atoms with Crippen LogP contribution in [0.15, 0.2) is 35.3 Å². The molecule has 0 saturated carbocycles. The summed E-state index contributed by atoms with van der Waals surface area (Å²) in [5, 5.41) is 16.0. The number of hydrogen-bond donors (Lipinski definition) is 3. The molecule has 0 spiro atoms. The zero-order valence-electron chi connectivity index (χ0n) is 17.4. The summed E-state index contributed by atoms with van der Waals surface area (Å²) in [6.45, 7) is 5.42. The predicted molar refractivity (Wildman–Crippen MR) is 122 cm³/mol. The van der Waals surface area contributed by atoms with E-state index in [1.54, 1.807) is 31.2 Å². The summed E-state index contributed by atoms with van der Waals surface area (Å²) in [5.41, 5.74) is -0.190. The fourth-order valence-electron chi connectivity index (χ4n) is 2.61. The Hall–Kier alpha value is -2.08. The molecule has 2 aromatic rings. The molecule has 0 heterocycles. The number of nitrogens with one attached hydrogen (secondary N) is 2. The molecule has 0 amide bonds. The molecule has 0 saturated heterocycles. The van der Waals surface area contributed by atoms with E-state index >= 15 is 0 Å². The lowest BCUT2D eigenvalue weighted by atomic mass is 10.1. The molecule has 0 aromatic heterocycles. The quantitative estimate of drug-likeness (QED) is 0.148. The van der Waals surface area contributed by atoms with Crippen LogP contribution in [0.2, 0.25) is 0 Å². The van der Waals surface area contributed by atoms with E-state index in [2.05, 4.69) is 15.6 Å². The normalized spacial score (nSPS) is 12.4. The molecule has 5 nitrogen and oxygen atoms in total. The maximum Gasteiger partial charge on any atom is 0.191 e. The van der Waals surface area contributed by atoms with Crippen LogP contribution in [0.25, 0.3) is 0 Å². The minimum atomic E-state index is -1.49. The molecule has 0 aliphatic carbocycles. The van der Waals surface area contributed by atoms with Gasteiger partial charge >= 0.3 is 0 Å². The number of ether oxygens (including phenoxy) is 1. The van der Waals surface area contributed by atoms with Crippen LogP contribution in [0, 0.1) is 23.3 Å². The van der Waals surface area contributed by atoms with Gasteiger partial charge in [-0.05, 0) is 38.5 Å². The van der Waals surface area contributed by atoms with Crippen LogP contribution in [-0.2, 0) is 6.54 Å². The third-order valence-electron chi connectivity index (χ3n) is 4.04. The van der Waals surface area contributed by atoms with Crippen molar-refractivity contribution in [2.75, 3.05) is 13.1 Å². The lowest BCUT2D eigenvalue weighted by Crippen LogP contribution is -2.39. The Balaban J connectivity index is 0.00000480. The zero-order valence-corrected chi connectivity index (χ0v) is 19.7. The number of aliphatic hydroxyl groups is 1. The van der Waals surface area contributed by atoms with E-state index in [0.29, 0.717) is 17.9 Å². The van der Waals surface area contributed by atoms with Gasteiger partial charge in [-0.25, -0.2) is 22.6 Å². The molecule has 0 aliphatic heterocycles. The predicted octanol–water partition coefficient (Wildman–Crippen LogP) is 4.44. The fourth-order valence-corrected chi connectivity index (χ4v) is 2.61. The highest BCUT2D eigenvalue weighted by atomic mass is 127. The minimum absolute atomic E-state index is 0. The van der Waals surface area contributed by atoms with Crippen LogP contribution in [0.1, 0.15) is 38.0 Å².